The van der Waals surface area contributed by atoms with Gasteiger partial charge in [0, 0.05) is 0 Å². The molecule has 0 aliphatic carbocycles. The van der Waals surface area contributed by atoms with Crippen LogP contribution in [0.1, 0.15) is 34.1 Å². The van der Waals surface area contributed by atoms with E-state index in [4.69, 9.17) is 4.74 Å². The van der Waals surface area contributed by atoms with Gasteiger partial charge < -0.3 is 19.7 Å². The van der Waals surface area contributed by atoms with Crippen molar-refractivity contribution in [2.24, 2.45) is 0 Å². The molecule has 6 heteroatoms. The van der Waals surface area contributed by atoms with Crippen LogP contribution in [0.4, 0.5) is 0 Å². The molecule has 1 N–H and O–H groups in total. The van der Waals surface area contributed by atoms with Gasteiger partial charge in [0.25, 0.3) is 0 Å². The van der Waals surface area contributed by atoms with Crippen LogP contribution in [0.5, 0.6) is 5.75 Å². The normalized spacial score (nSPS) is 8.91. The topological polar surface area (TPSA) is 86.7 Å². The van der Waals surface area contributed by atoms with Gasteiger partial charge in [-0.05, 0) is 24.1 Å². The Kier molecular flexibility index (Phi) is 10.8. The third kappa shape index (κ3) is 7.83. The van der Waals surface area contributed by atoms with Crippen molar-refractivity contribution >= 4 is 11.9 Å². The van der Waals surface area contributed by atoms with E-state index in [1.165, 1.54) is 24.3 Å². The standard InChI is InChI=1S/C10H12O3.C7H6O2.Na/c1-2-7-13-10(12)8-5-3-4-6-9(8)11;8-7(9)6-4-2-1-3-5-6;/h3-6,11H,2,7H2,1H3;1-5H,(H,8,9);/q;;+1/p-1. The zero-order chi connectivity index (χ0) is 16.4. The molecule has 0 atom stereocenters. The number of rotatable bonds is 4. The van der Waals surface area contributed by atoms with Crippen molar-refractivity contribution in [3.8, 4) is 5.75 Å². The molecule has 0 radical (unpaired) electrons. The Morgan fingerprint density at radius 3 is 2.09 bits per heavy atom. The average molecular weight is 324 g/mol. The minimum Gasteiger partial charge on any atom is -0.545 e. The minimum absolute atomic E-state index is 0. The van der Waals surface area contributed by atoms with E-state index in [0.717, 1.165) is 6.42 Å². The maximum atomic E-state index is 11.2. The van der Waals surface area contributed by atoms with Crippen molar-refractivity contribution in [3.05, 3.63) is 65.7 Å². The molecule has 0 unspecified atom stereocenters. The minimum atomic E-state index is -1.13. The Morgan fingerprint density at radius 1 is 1.04 bits per heavy atom. The molecule has 0 aromatic heterocycles. The first kappa shape index (κ1) is 21.2. The monoisotopic (exact) mass is 324 g/mol. The summed E-state index contributed by atoms with van der Waals surface area (Å²) < 4.78 is 4.86. The van der Waals surface area contributed by atoms with Crippen LogP contribution in [0.3, 0.4) is 0 Å². The Bertz CT molecular complexity index is 613. The summed E-state index contributed by atoms with van der Waals surface area (Å²) in [6.07, 6.45) is 0.777. The van der Waals surface area contributed by atoms with E-state index in [2.05, 4.69) is 0 Å². The van der Waals surface area contributed by atoms with E-state index in [1.807, 2.05) is 6.92 Å². The maximum Gasteiger partial charge on any atom is 1.00 e. The van der Waals surface area contributed by atoms with Crippen molar-refractivity contribution in [1.82, 2.24) is 0 Å². The SMILES string of the molecule is CCCOC(=O)c1ccccc1O.O=C([O-])c1ccccc1.[Na+]. The van der Waals surface area contributed by atoms with Crippen LogP contribution in [0.15, 0.2) is 54.6 Å². The molecule has 0 amide bonds. The number of carboxylic acid groups (broad SMARTS) is 1. The number of carboxylic acids is 1. The fourth-order valence-electron chi connectivity index (χ4n) is 1.49. The zero-order valence-corrected chi connectivity index (χ0v) is 15.2. The molecule has 0 saturated carbocycles. The second-order valence-electron chi connectivity index (χ2n) is 4.31. The third-order valence-corrected chi connectivity index (χ3v) is 2.57. The number of hydrogen-bond donors (Lipinski definition) is 1. The number of phenolic OH excluding ortho intramolecular Hbond substituents is 1. The number of benzene rings is 2. The number of hydrogen-bond acceptors (Lipinski definition) is 5. The molecule has 2 aromatic rings. The molecule has 0 heterocycles. The number of para-hydroxylation sites is 1. The van der Waals surface area contributed by atoms with Crippen molar-refractivity contribution in [1.29, 1.82) is 0 Å². The first-order valence-electron chi connectivity index (χ1n) is 6.77. The Hall–Kier alpha value is -1.82. The molecular weight excluding hydrogens is 307 g/mol. The van der Waals surface area contributed by atoms with Gasteiger partial charge in [-0.1, -0.05) is 49.4 Å². The molecule has 0 saturated heterocycles. The summed E-state index contributed by atoms with van der Waals surface area (Å²) in [6.45, 7) is 2.30. The number of aromatic hydroxyl groups is 1. The van der Waals surface area contributed by atoms with Crippen molar-refractivity contribution < 1.29 is 54.1 Å². The fourth-order valence-corrected chi connectivity index (χ4v) is 1.49. The molecule has 0 aliphatic rings. The van der Waals surface area contributed by atoms with Crippen LogP contribution in [-0.2, 0) is 4.74 Å². The number of carbonyl (C=O) groups is 2. The molecule has 2 rings (SSSR count). The van der Waals surface area contributed by atoms with Gasteiger partial charge in [-0.15, -0.1) is 0 Å². The van der Waals surface area contributed by atoms with E-state index in [0.29, 0.717) is 6.61 Å². The fraction of sp³-hybridized carbons (Fsp3) is 0.176. The predicted molar refractivity (Wildman–Crippen MR) is 79.5 cm³/mol. The summed E-state index contributed by atoms with van der Waals surface area (Å²) in [5.74, 6) is -1.64. The quantitative estimate of drug-likeness (QED) is 0.577. The van der Waals surface area contributed by atoms with Gasteiger partial charge in [0.15, 0.2) is 0 Å². The number of carbonyl (C=O) groups excluding carboxylic acids is 2. The predicted octanol–water partition coefficient (Wildman–Crippen LogP) is -0.987. The largest absolute Gasteiger partial charge is 1.00 e. The molecule has 116 valence electrons. The Balaban J connectivity index is 0.000000427. The molecule has 2 aromatic carbocycles. The van der Waals surface area contributed by atoms with E-state index >= 15 is 0 Å². The zero-order valence-electron chi connectivity index (χ0n) is 13.2. The summed E-state index contributed by atoms with van der Waals surface area (Å²) in [4.78, 5) is 21.3. The molecule has 0 spiro atoms. The van der Waals surface area contributed by atoms with Gasteiger partial charge in [0.1, 0.15) is 11.3 Å². The van der Waals surface area contributed by atoms with Gasteiger partial charge in [-0.2, -0.15) is 0 Å². The first-order chi connectivity index (χ1) is 10.6. The molecule has 0 fully saturated rings. The van der Waals surface area contributed by atoms with Crippen molar-refractivity contribution in [3.63, 3.8) is 0 Å². The first-order valence-corrected chi connectivity index (χ1v) is 6.77. The summed E-state index contributed by atoms with van der Waals surface area (Å²) in [5.41, 5.74) is 0.438. The van der Waals surface area contributed by atoms with Gasteiger partial charge in [-0.3, -0.25) is 0 Å². The van der Waals surface area contributed by atoms with Crippen LogP contribution in [-0.4, -0.2) is 23.7 Å². The smallest absolute Gasteiger partial charge is 0.545 e. The Labute approximate surface area is 157 Å². The number of aromatic carboxylic acids is 1. The van der Waals surface area contributed by atoms with E-state index in [-0.39, 0.29) is 46.4 Å². The van der Waals surface area contributed by atoms with Gasteiger partial charge in [0.2, 0.25) is 0 Å². The molecule has 0 aliphatic heterocycles. The second kappa shape index (κ2) is 11.7. The van der Waals surface area contributed by atoms with Crippen LogP contribution >= 0.6 is 0 Å². The van der Waals surface area contributed by atoms with Crippen LogP contribution in [0.25, 0.3) is 0 Å². The van der Waals surface area contributed by atoms with E-state index < -0.39 is 11.9 Å². The molecule has 0 bridgehead atoms. The summed E-state index contributed by atoms with van der Waals surface area (Å²) in [7, 11) is 0. The van der Waals surface area contributed by atoms with E-state index in [1.54, 1.807) is 30.3 Å². The summed E-state index contributed by atoms with van der Waals surface area (Å²) in [6, 6.07) is 14.4. The maximum absolute atomic E-state index is 11.2. The second-order valence-corrected chi connectivity index (χ2v) is 4.31. The molecular formula is C17H17NaO5. The van der Waals surface area contributed by atoms with Crippen LogP contribution < -0.4 is 34.7 Å². The average Bonchev–Trinajstić information content (AvgIpc) is 2.54. The Morgan fingerprint density at radius 2 is 1.61 bits per heavy atom. The molecule has 23 heavy (non-hydrogen) atoms. The third-order valence-electron chi connectivity index (χ3n) is 2.57. The van der Waals surface area contributed by atoms with Gasteiger partial charge >= 0.3 is 35.5 Å². The van der Waals surface area contributed by atoms with Crippen molar-refractivity contribution in [2.45, 2.75) is 13.3 Å². The van der Waals surface area contributed by atoms with Crippen LogP contribution in [0.2, 0.25) is 0 Å². The van der Waals surface area contributed by atoms with E-state index in [9.17, 15) is 19.8 Å². The summed E-state index contributed by atoms with van der Waals surface area (Å²) >= 11 is 0. The van der Waals surface area contributed by atoms with Crippen molar-refractivity contribution in [2.75, 3.05) is 6.61 Å². The van der Waals surface area contributed by atoms with Gasteiger partial charge in [-0.25, -0.2) is 4.79 Å². The van der Waals surface area contributed by atoms with Crippen LogP contribution in [0, 0.1) is 0 Å². The molecule has 5 nitrogen and oxygen atoms in total. The summed E-state index contributed by atoms with van der Waals surface area (Å²) in [5, 5.41) is 19.4. The number of phenols is 1. The number of ether oxygens (including phenoxy) is 1. The van der Waals surface area contributed by atoms with Gasteiger partial charge in [0.05, 0.1) is 12.6 Å². The number of esters is 1.